The highest BCUT2D eigenvalue weighted by Crippen LogP contribution is 2.34. The Bertz CT molecular complexity index is 604. The minimum atomic E-state index is -3.48. The van der Waals surface area contributed by atoms with Crippen LogP contribution in [0, 0.1) is 12.8 Å². The summed E-state index contributed by atoms with van der Waals surface area (Å²) in [4.78, 5) is 0.301. The van der Waals surface area contributed by atoms with Crippen LogP contribution in [0.3, 0.4) is 0 Å². The van der Waals surface area contributed by atoms with Gasteiger partial charge in [0, 0.05) is 19.2 Å². The second-order valence-corrected chi connectivity index (χ2v) is 7.47. The van der Waals surface area contributed by atoms with Crippen molar-refractivity contribution >= 4 is 10.0 Å². The van der Waals surface area contributed by atoms with Crippen molar-refractivity contribution in [1.29, 1.82) is 0 Å². The first-order chi connectivity index (χ1) is 9.90. The summed E-state index contributed by atoms with van der Waals surface area (Å²) in [5.41, 5.74) is 0.672. The number of sulfonamides is 1. The Hall–Kier alpha value is -1.27. The molecule has 0 aromatic heterocycles. The lowest BCUT2D eigenvalue weighted by molar-refractivity contribution is 0.287. The summed E-state index contributed by atoms with van der Waals surface area (Å²) in [6.45, 7) is 5.10. The molecule has 0 radical (unpaired) electrons. The maximum Gasteiger partial charge on any atom is 0.243 e. The molecule has 1 aliphatic rings. The third-order valence-electron chi connectivity index (χ3n) is 4.04. The summed E-state index contributed by atoms with van der Waals surface area (Å²) in [7, 11) is -0.431. The zero-order valence-electron chi connectivity index (χ0n) is 13.0. The van der Waals surface area contributed by atoms with Crippen LogP contribution in [-0.4, -0.2) is 40.0 Å². The van der Waals surface area contributed by atoms with E-state index in [-0.39, 0.29) is 0 Å². The van der Waals surface area contributed by atoms with Gasteiger partial charge in [-0.05, 0) is 37.3 Å². The van der Waals surface area contributed by atoms with Crippen molar-refractivity contribution in [2.75, 3.05) is 27.3 Å². The van der Waals surface area contributed by atoms with Crippen LogP contribution in [0.1, 0.15) is 25.3 Å². The monoisotopic (exact) mass is 313 g/mol. The number of aryl methyl sites for hydroxylation is 1. The Kier molecular flexibility index (Phi) is 4.78. The second-order valence-electron chi connectivity index (χ2n) is 5.56. The molecule has 0 atom stereocenters. The first-order valence-electron chi connectivity index (χ1n) is 7.13. The number of methoxy groups -OCH3 is 2. The van der Waals surface area contributed by atoms with Gasteiger partial charge in [0.2, 0.25) is 10.0 Å². The molecule has 6 heteroatoms. The lowest BCUT2D eigenvalue weighted by atomic mass is 10.0. The SMILES string of the molecule is COc1cc(C)c(S(=O)(=O)N2CCC(C)CC2)cc1OC. The highest BCUT2D eigenvalue weighted by atomic mass is 32.2. The molecule has 21 heavy (non-hydrogen) atoms. The van der Waals surface area contributed by atoms with Crippen molar-refractivity contribution < 1.29 is 17.9 Å². The van der Waals surface area contributed by atoms with Crippen LogP contribution in [0.25, 0.3) is 0 Å². The molecule has 1 saturated heterocycles. The van der Waals surface area contributed by atoms with Crippen LogP contribution in [0.5, 0.6) is 11.5 Å². The maximum atomic E-state index is 12.8. The van der Waals surface area contributed by atoms with Crippen LogP contribution in [0.2, 0.25) is 0 Å². The van der Waals surface area contributed by atoms with Gasteiger partial charge in [0.1, 0.15) is 0 Å². The van der Waals surface area contributed by atoms with Gasteiger partial charge in [0.25, 0.3) is 0 Å². The fourth-order valence-corrected chi connectivity index (χ4v) is 4.30. The van der Waals surface area contributed by atoms with Crippen LogP contribution >= 0.6 is 0 Å². The predicted octanol–water partition coefficient (Wildman–Crippen LogP) is 2.43. The molecule has 1 fully saturated rings. The predicted molar refractivity (Wildman–Crippen MR) is 81.4 cm³/mol. The average molecular weight is 313 g/mol. The first kappa shape index (κ1) is 16.1. The maximum absolute atomic E-state index is 12.8. The van der Waals surface area contributed by atoms with Crippen molar-refractivity contribution in [3.63, 3.8) is 0 Å². The van der Waals surface area contributed by atoms with Gasteiger partial charge < -0.3 is 9.47 Å². The summed E-state index contributed by atoms with van der Waals surface area (Å²) in [6, 6.07) is 3.26. The molecule has 0 aliphatic carbocycles. The number of benzene rings is 1. The van der Waals surface area contributed by atoms with Crippen molar-refractivity contribution in [3.05, 3.63) is 17.7 Å². The molecule has 1 aromatic rings. The van der Waals surface area contributed by atoms with Gasteiger partial charge in [-0.1, -0.05) is 6.92 Å². The summed E-state index contributed by atoms with van der Waals surface area (Å²) in [5, 5.41) is 0. The molecular formula is C15H23NO4S. The van der Waals surface area contributed by atoms with E-state index in [2.05, 4.69) is 6.92 Å². The summed E-state index contributed by atoms with van der Waals surface area (Å²) < 4.78 is 37.6. The largest absolute Gasteiger partial charge is 0.493 e. The lowest BCUT2D eigenvalue weighted by Crippen LogP contribution is -2.38. The van der Waals surface area contributed by atoms with E-state index >= 15 is 0 Å². The highest BCUT2D eigenvalue weighted by molar-refractivity contribution is 7.89. The van der Waals surface area contributed by atoms with Gasteiger partial charge in [-0.3, -0.25) is 0 Å². The normalized spacial score (nSPS) is 17.7. The fraction of sp³-hybridized carbons (Fsp3) is 0.600. The van der Waals surface area contributed by atoms with Gasteiger partial charge in [-0.25, -0.2) is 8.42 Å². The minimum absolute atomic E-state index is 0.301. The van der Waals surface area contributed by atoms with E-state index in [1.807, 2.05) is 0 Å². The molecule has 2 rings (SSSR count). The quantitative estimate of drug-likeness (QED) is 0.856. The molecule has 0 amide bonds. The van der Waals surface area contributed by atoms with E-state index in [9.17, 15) is 8.42 Å². The lowest BCUT2D eigenvalue weighted by Gasteiger charge is -2.30. The summed E-state index contributed by atoms with van der Waals surface area (Å²) in [5.74, 6) is 1.57. The number of hydrogen-bond acceptors (Lipinski definition) is 4. The molecule has 118 valence electrons. The molecule has 1 aliphatic heterocycles. The third-order valence-corrected chi connectivity index (χ3v) is 6.08. The van der Waals surface area contributed by atoms with E-state index in [4.69, 9.17) is 9.47 Å². The van der Waals surface area contributed by atoms with Crippen LogP contribution in [0.4, 0.5) is 0 Å². The van der Waals surface area contributed by atoms with E-state index < -0.39 is 10.0 Å². The second kappa shape index (κ2) is 6.23. The Morgan fingerprint density at radius 3 is 2.14 bits per heavy atom. The van der Waals surface area contributed by atoms with Gasteiger partial charge >= 0.3 is 0 Å². The first-order valence-corrected chi connectivity index (χ1v) is 8.57. The molecule has 0 saturated carbocycles. The summed E-state index contributed by atoms with van der Waals surface area (Å²) >= 11 is 0. The minimum Gasteiger partial charge on any atom is -0.493 e. The zero-order chi connectivity index (χ0) is 15.6. The van der Waals surface area contributed by atoms with Crippen molar-refractivity contribution in [2.45, 2.75) is 31.6 Å². The topological polar surface area (TPSA) is 55.8 Å². The van der Waals surface area contributed by atoms with Gasteiger partial charge in [-0.15, -0.1) is 0 Å². The van der Waals surface area contributed by atoms with Crippen molar-refractivity contribution in [1.82, 2.24) is 4.31 Å². The molecule has 1 heterocycles. The zero-order valence-corrected chi connectivity index (χ0v) is 13.9. The number of hydrogen-bond donors (Lipinski definition) is 0. The van der Waals surface area contributed by atoms with E-state index in [0.717, 1.165) is 12.8 Å². The number of piperidine rings is 1. The number of rotatable bonds is 4. The average Bonchev–Trinajstić information content (AvgIpc) is 2.47. The van der Waals surface area contributed by atoms with E-state index in [1.54, 1.807) is 23.4 Å². The Morgan fingerprint density at radius 2 is 1.62 bits per heavy atom. The molecule has 0 spiro atoms. The smallest absolute Gasteiger partial charge is 0.243 e. The van der Waals surface area contributed by atoms with Crippen LogP contribution < -0.4 is 9.47 Å². The fourth-order valence-electron chi connectivity index (χ4n) is 2.60. The van der Waals surface area contributed by atoms with E-state index in [1.165, 1.54) is 14.2 Å². The molecule has 5 nitrogen and oxygen atoms in total. The molecule has 1 aromatic carbocycles. The standard InChI is InChI=1S/C15H23NO4S/c1-11-5-7-16(8-6-11)21(17,18)15-10-14(20-4)13(19-3)9-12(15)2/h9-11H,5-8H2,1-4H3. The number of ether oxygens (including phenoxy) is 2. The van der Waals surface area contributed by atoms with Crippen LogP contribution in [-0.2, 0) is 10.0 Å². The Morgan fingerprint density at radius 1 is 1.10 bits per heavy atom. The third kappa shape index (κ3) is 3.16. The van der Waals surface area contributed by atoms with Gasteiger partial charge in [0.15, 0.2) is 11.5 Å². The van der Waals surface area contributed by atoms with Crippen molar-refractivity contribution in [2.24, 2.45) is 5.92 Å². The summed E-state index contributed by atoms with van der Waals surface area (Å²) in [6.07, 6.45) is 1.82. The molecular weight excluding hydrogens is 290 g/mol. The Balaban J connectivity index is 2.40. The van der Waals surface area contributed by atoms with Crippen LogP contribution in [0.15, 0.2) is 17.0 Å². The molecule has 0 unspecified atom stereocenters. The van der Waals surface area contributed by atoms with Crippen molar-refractivity contribution in [3.8, 4) is 11.5 Å². The van der Waals surface area contributed by atoms with Gasteiger partial charge in [-0.2, -0.15) is 4.31 Å². The molecule has 0 bridgehead atoms. The highest BCUT2D eigenvalue weighted by Gasteiger charge is 2.30. The Labute approximate surface area is 126 Å². The number of nitrogens with zero attached hydrogens (tertiary/aromatic N) is 1. The molecule has 0 N–H and O–H groups in total. The van der Waals surface area contributed by atoms with Gasteiger partial charge in [0.05, 0.1) is 19.1 Å². The van der Waals surface area contributed by atoms with E-state index in [0.29, 0.717) is 41.0 Å².